The van der Waals surface area contributed by atoms with Crippen molar-refractivity contribution in [2.24, 2.45) is 0 Å². The van der Waals surface area contributed by atoms with Crippen LogP contribution in [0.25, 0.3) is 0 Å². The third-order valence-corrected chi connectivity index (χ3v) is 16.6. The number of phosphoric ester groups is 1. The summed E-state index contributed by atoms with van der Waals surface area (Å²) in [7, 11) is 1.48. The van der Waals surface area contributed by atoms with Crippen molar-refractivity contribution in [1.29, 1.82) is 0 Å². The van der Waals surface area contributed by atoms with Crippen LogP contribution < -0.4 is 0 Å². The topological polar surface area (TPSA) is 108 Å². The first-order chi connectivity index (χ1) is 42.0. The second-order valence-corrected chi connectivity index (χ2v) is 26.7. The van der Waals surface area contributed by atoms with Gasteiger partial charge in [0.15, 0.2) is 6.10 Å². The number of phosphoric acid groups is 1. The van der Waals surface area contributed by atoms with Crippen molar-refractivity contribution < 1.29 is 42.1 Å². The smallest absolute Gasteiger partial charge is 0.462 e. The van der Waals surface area contributed by atoms with Gasteiger partial charge in [-0.25, -0.2) is 4.57 Å². The Kier molecular flexibility index (Phi) is 64.0. The van der Waals surface area contributed by atoms with Gasteiger partial charge in [0.2, 0.25) is 0 Å². The quantitative estimate of drug-likeness (QED) is 0.0211. The summed E-state index contributed by atoms with van der Waals surface area (Å²) in [5.41, 5.74) is 0. The van der Waals surface area contributed by atoms with Crippen molar-refractivity contribution in [3.8, 4) is 0 Å². The Morgan fingerprint density at radius 2 is 0.663 bits per heavy atom. The number of unbranched alkanes of at least 4 members (excludes halogenated alkanes) is 36. The molecule has 9 nitrogen and oxygen atoms in total. The summed E-state index contributed by atoms with van der Waals surface area (Å²) in [5, 5.41) is 0. The van der Waals surface area contributed by atoms with E-state index in [1.807, 2.05) is 21.1 Å². The van der Waals surface area contributed by atoms with E-state index in [0.29, 0.717) is 17.4 Å². The first-order valence-electron chi connectivity index (χ1n) is 36.0. The largest absolute Gasteiger partial charge is 0.472 e. The molecule has 0 amide bonds. The van der Waals surface area contributed by atoms with E-state index in [1.54, 1.807) is 0 Å². The maximum absolute atomic E-state index is 12.9. The Hall–Kier alpha value is -3.07. The summed E-state index contributed by atoms with van der Waals surface area (Å²) in [4.78, 5) is 35.9. The fourth-order valence-corrected chi connectivity index (χ4v) is 10.9. The van der Waals surface area contributed by atoms with Gasteiger partial charge in [-0.15, -0.1) is 0 Å². The van der Waals surface area contributed by atoms with Crippen molar-refractivity contribution in [3.05, 3.63) is 97.2 Å². The summed E-state index contributed by atoms with van der Waals surface area (Å²) in [6.07, 6.45) is 92.3. The van der Waals surface area contributed by atoms with Gasteiger partial charge in [-0.3, -0.25) is 18.6 Å². The van der Waals surface area contributed by atoms with E-state index in [-0.39, 0.29) is 32.0 Å². The Labute approximate surface area is 532 Å². The van der Waals surface area contributed by atoms with Crippen LogP contribution in [0.1, 0.15) is 322 Å². The van der Waals surface area contributed by atoms with E-state index >= 15 is 0 Å². The van der Waals surface area contributed by atoms with Crippen LogP contribution in [0.4, 0.5) is 0 Å². The molecule has 0 aromatic heterocycles. The van der Waals surface area contributed by atoms with Crippen molar-refractivity contribution in [3.63, 3.8) is 0 Å². The number of quaternary nitrogens is 1. The molecule has 2 unspecified atom stereocenters. The highest BCUT2D eigenvalue weighted by atomic mass is 31.2. The molecule has 498 valence electrons. The first kappa shape index (κ1) is 82.9. The lowest BCUT2D eigenvalue weighted by atomic mass is 10.0. The van der Waals surface area contributed by atoms with Gasteiger partial charge in [0.1, 0.15) is 19.8 Å². The summed E-state index contributed by atoms with van der Waals surface area (Å²) in [5.74, 6) is -0.794. The third-order valence-electron chi connectivity index (χ3n) is 15.6. The van der Waals surface area contributed by atoms with E-state index in [2.05, 4.69) is 111 Å². The molecule has 0 saturated heterocycles. The molecule has 0 bridgehead atoms. The Morgan fingerprint density at radius 1 is 0.372 bits per heavy atom. The molecular weight excluding hydrogens is 1090 g/mol. The molecule has 1 N–H and O–H groups in total. The van der Waals surface area contributed by atoms with Crippen molar-refractivity contribution in [2.45, 2.75) is 328 Å². The lowest BCUT2D eigenvalue weighted by Gasteiger charge is -2.24. The molecule has 10 heteroatoms. The number of nitrogens with zero attached hydrogens (tertiary/aromatic N) is 1. The normalized spacial score (nSPS) is 13.7. The second-order valence-electron chi connectivity index (χ2n) is 25.2. The minimum atomic E-state index is -4.40. The SMILES string of the molecule is CC/C=C\C/C=C\C/C=C\C/C=C\C/C=C\C/C=C\CCCCCCCCCCCCC(=O)OC(COC(=O)CCCCCCCCCCCCCCCCCCCCCCC/C=C\C/C=C\CCCCCCC)COP(=O)(O)OCC[N+](C)(C)C. The summed E-state index contributed by atoms with van der Waals surface area (Å²) < 4.78 is 34.7. The Bertz CT molecular complexity index is 1770. The molecule has 0 aliphatic rings. The number of likely N-dealkylation sites (N-methyl/N-ethyl adjacent to an activating group) is 1. The highest BCUT2D eigenvalue weighted by Crippen LogP contribution is 2.43. The number of allylic oxidation sites excluding steroid dienone is 16. The predicted molar refractivity (Wildman–Crippen MR) is 372 cm³/mol. The molecule has 0 aliphatic carbocycles. The average molecular weight is 1220 g/mol. The molecule has 0 radical (unpaired) electrons. The zero-order valence-electron chi connectivity index (χ0n) is 56.8. The highest BCUT2D eigenvalue weighted by molar-refractivity contribution is 7.47. The molecule has 2 atom stereocenters. The summed E-state index contributed by atoms with van der Waals surface area (Å²) in [6.45, 7) is 4.34. The molecule has 86 heavy (non-hydrogen) atoms. The third kappa shape index (κ3) is 70.0. The Morgan fingerprint density at radius 3 is 0.988 bits per heavy atom. The average Bonchev–Trinajstić information content (AvgIpc) is 3.67. The van der Waals surface area contributed by atoms with E-state index < -0.39 is 26.5 Å². The zero-order chi connectivity index (χ0) is 62.6. The van der Waals surface area contributed by atoms with Crippen molar-refractivity contribution >= 4 is 19.8 Å². The molecule has 0 aliphatic heterocycles. The molecule has 0 aromatic rings. The minimum Gasteiger partial charge on any atom is -0.462 e. The van der Waals surface area contributed by atoms with E-state index in [4.69, 9.17) is 18.5 Å². The predicted octanol–water partition coefficient (Wildman–Crippen LogP) is 23.5. The van der Waals surface area contributed by atoms with E-state index in [9.17, 15) is 19.0 Å². The van der Waals surface area contributed by atoms with Gasteiger partial charge in [0.05, 0.1) is 27.7 Å². The maximum Gasteiger partial charge on any atom is 0.472 e. The second kappa shape index (κ2) is 66.4. The van der Waals surface area contributed by atoms with Gasteiger partial charge in [-0.1, -0.05) is 310 Å². The zero-order valence-corrected chi connectivity index (χ0v) is 57.7. The van der Waals surface area contributed by atoms with Crippen LogP contribution in [0.15, 0.2) is 97.2 Å². The van der Waals surface area contributed by atoms with Crippen LogP contribution in [0.2, 0.25) is 0 Å². The van der Waals surface area contributed by atoms with Crippen LogP contribution in [-0.2, 0) is 32.7 Å². The molecule has 0 saturated carbocycles. The van der Waals surface area contributed by atoms with Gasteiger partial charge >= 0.3 is 19.8 Å². The van der Waals surface area contributed by atoms with Crippen molar-refractivity contribution in [1.82, 2.24) is 0 Å². The fourth-order valence-electron chi connectivity index (χ4n) is 10.1. The monoisotopic (exact) mass is 1220 g/mol. The number of carbonyl (C=O) groups excluding carboxylic acids is 2. The van der Waals surface area contributed by atoms with Gasteiger partial charge in [-0.2, -0.15) is 0 Å². The van der Waals surface area contributed by atoms with Crippen LogP contribution in [0.5, 0.6) is 0 Å². The van der Waals surface area contributed by atoms with Gasteiger partial charge < -0.3 is 18.9 Å². The number of esters is 2. The number of carbonyl (C=O) groups is 2. The van der Waals surface area contributed by atoms with Crippen LogP contribution >= 0.6 is 7.82 Å². The molecule has 0 fully saturated rings. The summed E-state index contributed by atoms with van der Waals surface area (Å²) in [6, 6.07) is 0. The van der Waals surface area contributed by atoms with Gasteiger partial charge in [0.25, 0.3) is 0 Å². The first-order valence-corrected chi connectivity index (χ1v) is 37.5. The van der Waals surface area contributed by atoms with Crippen molar-refractivity contribution in [2.75, 3.05) is 47.5 Å². The maximum atomic E-state index is 12.9. The standard InChI is InChI=1S/C76H136NO8P/c1-6-8-10-12-14-16-18-20-22-24-26-28-30-32-34-36-37-38-39-41-42-44-46-48-50-52-54-56-58-60-62-64-66-68-75(78)82-72-74(73-84-86(80,81)83-71-70-77(3,4)5)85-76(79)69-67-65-63-61-59-57-55-53-51-49-47-45-43-40-35-33-31-29-27-25-23-21-19-17-15-13-11-9-7-2/h9,11,15,17-18,20-21,23-24,26-27,29,33,35,43,45,74H,6-8,10,12-14,16,19,22,25,28,30-32,34,36-42,44,46-73H2,1-5H3/p+1/b11-9-,17-15-,20-18-,23-21-,26-24-,29-27-,35-33-,45-43-. The van der Waals surface area contributed by atoms with E-state index in [0.717, 1.165) is 89.9 Å². The lowest BCUT2D eigenvalue weighted by molar-refractivity contribution is -0.870. The number of hydrogen-bond acceptors (Lipinski definition) is 7. The Balaban J connectivity index is 4.03. The number of rotatable bonds is 66. The minimum absolute atomic E-state index is 0.0283. The summed E-state index contributed by atoms with van der Waals surface area (Å²) >= 11 is 0. The molecule has 0 spiro atoms. The molecule has 0 heterocycles. The van der Waals surface area contributed by atoms with Crippen LogP contribution in [0.3, 0.4) is 0 Å². The molecule has 0 aromatic carbocycles. The highest BCUT2D eigenvalue weighted by Gasteiger charge is 2.27. The molecule has 0 rings (SSSR count). The number of hydrogen-bond donors (Lipinski definition) is 1. The van der Waals surface area contributed by atoms with Gasteiger partial charge in [-0.05, 0) is 96.3 Å². The van der Waals surface area contributed by atoms with E-state index in [1.165, 1.54) is 199 Å². The molecular formula is C76H137NO8P+. The number of ether oxygens (including phenoxy) is 2. The lowest BCUT2D eigenvalue weighted by Crippen LogP contribution is -2.37. The van der Waals surface area contributed by atoms with Crippen LogP contribution in [0, 0.1) is 0 Å². The van der Waals surface area contributed by atoms with Gasteiger partial charge in [0, 0.05) is 12.8 Å². The van der Waals surface area contributed by atoms with Crippen LogP contribution in [-0.4, -0.2) is 74.9 Å². The fraction of sp³-hybridized carbons (Fsp3) is 0.763.